The first-order chi connectivity index (χ1) is 8.27. The van der Waals surface area contributed by atoms with Crippen molar-refractivity contribution in [2.24, 2.45) is 0 Å². The maximum absolute atomic E-state index is 6.37. The van der Waals surface area contributed by atoms with Gasteiger partial charge in [-0.15, -0.1) is 0 Å². The third kappa shape index (κ3) is 1.87. The summed E-state index contributed by atoms with van der Waals surface area (Å²) in [5.74, 6) is 1.64. The lowest BCUT2D eigenvalue weighted by Crippen LogP contribution is -2.19. The highest BCUT2D eigenvalue weighted by Crippen LogP contribution is 2.43. The van der Waals surface area contributed by atoms with Gasteiger partial charge in [0.2, 0.25) is 0 Å². The summed E-state index contributed by atoms with van der Waals surface area (Å²) in [5.41, 5.74) is 2.29. The first-order valence-electron chi connectivity index (χ1n) is 6.09. The van der Waals surface area contributed by atoms with Crippen LogP contribution in [0.1, 0.15) is 30.0 Å². The average molecular weight is 254 g/mol. The molecule has 92 valence electrons. The van der Waals surface area contributed by atoms with Gasteiger partial charge in [0.25, 0.3) is 0 Å². The van der Waals surface area contributed by atoms with Crippen LogP contribution in [0.15, 0.2) is 6.07 Å². The Bertz CT molecular complexity index is 442. The number of halogens is 1. The van der Waals surface area contributed by atoms with Gasteiger partial charge in [-0.1, -0.05) is 11.6 Å². The Hall–Kier alpha value is -0.930. The van der Waals surface area contributed by atoms with Gasteiger partial charge >= 0.3 is 0 Å². The van der Waals surface area contributed by atoms with Crippen LogP contribution in [0.4, 0.5) is 0 Å². The Kier molecular flexibility index (Phi) is 2.89. The third-order valence-corrected chi connectivity index (χ3v) is 3.79. The average Bonchev–Trinajstić information content (AvgIpc) is 2.83. The van der Waals surface area contributed by atoms with Crippen LogP contribution >= 0.6 is 11.6 Å². The molecule has 2 aliphatic heterocycles. The fourth-order valence-corrected chi connectivity index (χ4v) is 3.06. The zero-order valence-electron chi connectivity index (χ0n) is 9.88. The lowest BCUT2D eigenvalue weighted by atomic mass is 9.98. The van der Waals surface area contributed by atoms with Gasteiger partial charge in [0, 0.05) is 22.7 Å². The summed E-state index contributed by atoms with van der Waals surface area (Å²) in [6, 6.07) is 2.25. The predicted octanol–water partition coefficient (Wildman–Crippen LogP) is 2.84. The van der Waals surface area contributed by atoms with E-state index < -0.39 is 0 Å². The fraction of sp³-hybridized carbons (Fsp3) is 0.538. The third-order valence-electron chi connectivity index (χ3n) is 3.48. The highest BCUT2D eigenvalue weighted by Gasteiger charge is 2.26. The quantitative estimate of drug-likeness (QED) is 0.835. The number of hydrogen-bond donors (Lipinski definition) is 1. The first kappa shape index (κ1) is 11.2. The second kappa shape index (κ2) is 4.39. The van der Waals surface area contributed by atoms with E-state index in [9.17, 15) is 0 Å². The Labute approximate surface area is 106 Å². The van der Waals surface area contributed by atoms with Gasteiger partial charge < -0.3 is 14.8 Å². The second-order valence-corrected chi connectivity index (χ2v) is 4.98. The Balaban J connectivity index is 2.08. The fourth-order valence-electron chi connectivity index (χ4n) is 2.69. The topological polar surface area (TPSA) is 30.5 Å². The van der Waals surface area contributed by atoms with E-state index in [2.05, 4.69) is 12.2 Å². The Morgan fingerprint density at radius 2 is 2.18 bits per heavy atom. The molecule has 0 amide bonds. The zero-order chi connectivity index (χ0) is 11.8. The predicted molar refractivity (Wildman–Crippen MR) is 67.2 cm³/mol. The molecule has 0 radical (unpaired) electrons. The second-order valence-electron chi connectivity index (χ2n) is 4.57. The lowest BCUT2D eigenvalue weighted by molar-refractivity contribution is 0.170. The number of hydrogen-bond acceptors (Lipinski definition) is 3. The van der Waals surface area contributed by atoms with Crippen LogP contribution in [0.5, 0.6) is 11.5 Å². The molecule has 0 aliphatic carbocycles. The van der Waals surface area contributed by atoms with E-state index in [4.69, 9.17) is 21.1 Å². The van der Waals surface area contributed by atoms with Crippen LogP contribution in [-0.4, -0.2) is 19.8 Å². The molecule has 0 bridgehead atoms. The SMILES string of the molecule is Cc1c2c(cc(Cl)c1C1CCCN1)OCCO2. The molecule has 1 fully saturated rings. The van der Waals surface area contributed by atoms with Crippen LogP contribution in [0, 0.1) is 6.92 Å². The smallest absolute Gasteiger partial charge is 0.164 e. The monoisotopic (exact) mass is 253 g/mol. The first-order valence-corrected chi connectivity index (χ1v) is 6.47. The zero-order valence-corrected chi connectivity index (χ0v) is 10.6. The number of fused-ring (bicyclic) bond motifs is 1. The molecular formula is C13H16ClNO2. The molecular weight excluding hydrogens is 238 g/mol. The molecule has 1 N–H and O–H groups in total. The van der Waals surface area contributed by atoms with Crippen molar-refractivity contribution in [1.29, 1.82) is 0 Å². The van der Waals surface area contributed by atoms with Crippen LogP contribution in [0.2, 0.25) is 5.02 Å². The van der Waals surface area contributed by atoms with Crippen molar-refractivity contribution >= 4 is 11.6 Å². The molecule has 0 saturated carbocycles. The maximum Gasteiger partial charge on any atom is 0.164 e. The summed E-state index contributed by atoms with van der Waals surface area (Å²) in [6.07, 6.45) is 2.34. The van der Waals surface area contributed by atoms with Gasteiger partial charge in [-0.05, 0) is 31.9 Å². The van der Waals surface area contributed by atoms with Gasteiger partial charge in [-0.3, -0.25) is 0 Å². The molecule has 4 heteroatoms. The lowest BCUT2D eigenvalue weighted by Gasteiger charge is -2.24. The molecule has 2 heterocycles. The van der Waals surface area contributed by atoms with Crippen molar-refractivity contribution in [1.82, 2.24) is 5.32 Å². The van der Waals surface area contributed by atoms with Gasteiger partial charge in [0.05, 0.1) is 0 Å². The van der Waals surface area contributed by atoms with Gasteiger partial charge in [0.15, 0.2) is 11.5 Å². The standard InChI is InChI=1S/C13H16ClNO2/c1-8-12(10-3-2-4-15-10)9(14)7-11-13(8)17-6-5-16-11/h7,10,15H,2-6H2,1H3. The highest BCUT2D eigenvalue weighted by molar-refractivity contribution is 6.31. The minimum absolute atomic E-state index is 0.360. The maximum atomic E-state index is 6.37. The van der Waals surface area contributed by atoms with Gasteiger partial charge in [-0.2, -0.15) is 0 Å². The van der Waals surface area contributed by atoms with Crippen molar-refractivity contribution in [2.75, 3.05) is 19.8 Å². The number of benzene rings is 1. The van der Waals surface area contributed by atoms with Crippen molar-refractivity contribution in [3.05, 3.63) is 22.2 Å². The molecule has 1 saturated heterocycles. The molecule has 0 aromatic heterocycles. The number of ether oxygens (including phenoxy) is 2. The van der Waals surface area contributed by atoms with E-state index in [0.717, 1.165) is 35.1 Å². The molecule has 3 nitrogen and oxygen atoms in total. The van der Waals surface area contributed by atoms with E-state index in [1.807, 2.05) is 6.07 Å². The summed E-state index contributed by atoms with van der Waals surface area (Å²) < 4.78 is 11.3. The minimum atomic E-state index is 0.360. The molecule has 1 aromatic carbocycles. The van der Waals surface area contributed by atoms with Crippen LogP contribution < -0.4 is 14.8 Å². The molecule has 3 rings (SSSR count). The van der Waals surface area contributed by atoms with Crippen molar-refractivity contribution < 1.29 is 9.47 Å². The molecule has 2 aliphatic rings. The van der Waals surface area contributed by atoms with E-state index in [1.54, 1.807) is 0 Å². The number of rotatable bonds is 1. The summed E-state index contributed by atoms with van der Waals surface area (Å²) in [5, 5.41) is 4.26. The molecule has 17 heavy (non-hydrogen) atoms. The van der Waals surface area contributed by atoms with E-state index >= 15 is 0 Å². The van der Waals surface area contributed by atoms with Crippen LogP contribution in [-0.2, 0) is 0 Å². The molecule has 1 aromatic rings. The Morgan fingerprint density at radius 3 is 2.94 bits per heavy atom. The summed E-state index contributed by atoms with van der Waals surface area (Å²) >= 11 is 6.37. The van der Waals surface area contributed by atoms with Crippen molar-refractivity contribution in [2.45, 2.75) is 25.8 Å². The molecule has 0 spiro atoms. The molecule has 1 atom stereocenters. The summed E-state index contributed by atoms with van der Waals surface area (Å²) in [7, 11) is 0. The summed E-state index contributed by atoms with van der Waals surface area (Å²) in [4.78, 5) is 0. The largest absolute Gasteiger partial charge is 0.486 e. The number of nitrogens with one attached hydrogen (secondary N) is 1. The van der Waals surface area contributed by atoms with Gasteiger partial charge in [0.1, 0.15) is 13.2 Å². The highest BCUT2D eigenvalue weighted by atomic mass is 35.5. The van der Waals surface area contributed by atoms with Crippen molar-refractivity contribution in [3.8, 4) is 11.5 Å². The van der Waals surface area contributed by atoms with E-state index in [1.165, 1.54) is 12.0 Å². The van der Waals surface area contributed by atoms with Crippen LogP contribution in [0.3, 0.4) is 0 Å². The van der Waals surface area contributed by atoms with E-state index in [0.29, 0.717) is 19.3 Å². The van der Waals surface area contributed by atoms with Crippen molar-refractivity contribution in [3.63, 3.8) is 0 Å². The summed E-state index contributed by atoms with van der Waals surface area (Å²) in [6.45, 7) is 4.35. The minimum Gasteiger partial charge on any atom is -0.486 e. The normalized spacial score (nSPS) is 22.8. The van der Waals surface area contributed by atoms with E-state index in [-0.39, 0.29) is 0 Å². The Morgan fingerprint density at radius 1 is 1.35 bits per heavy atom. The van der Waals surface area contributed by atoms with Crippen LogP contribution in [0.25, 0.3) is 0 Å². The molecule has 1 unspecified atom stereocenters. The van der Waals surface area contributed by atoms with Gasteiger partial charge in [-0.25, -0.2) is 0 Å².